The van der Waals surface area contributed by atoms with Crippen LogP contribution in [0.2, 0.25) is 0 Å². The molecule has 0 unspecified atom stereocenters. The van der Waals surface area contributed by atoms with Gasteiger partial charge in [-0.1, -0.05) is 0 Å². The summed E-state index contributed by atoms with van der Waals surface area (Å²) >= 11 is 0. The van der Waals surface area contributed by atoms with E-state index in [0.717, 1.165) is 0 Å². The Morgan fingerprint density at radius 1 is 1.25 bits per heavy atom. The van der Waals surface area contributed by atoms with Crippen LogP contribution in [0.5, 0.6) is 5.75 Å². The van der Waals surface area contributed by atoms with Crippen LogP contribution in [0.3, 0.4) is 0 Å². The molecule has 1 aromatic rings. The number of hydrogen-bond donors (Lipinski definition) is 1. The van der Waals surface area contributed by atoms with Gasteiger partial charge in [0.25, 0.3) is 5.91 Å². The van der Waals surface area contributed by atoms with Crippen LogP contribution in [0.1, 0.15) is 17.3 Å². The highest BCUT2D eigenvalue weighted by Gasteiger charge is 2.06. The molecule has 0 radical (unpaired) electrons. The van der Waals surface area contributed by atoms with Crippen molar-refractivity contribution in [2.24, 2.45) is 5.73 Å². The van der Waals surface area contributed by atoms with Crippen molar-refractivity contribution >= 4 is 11.9 Å². The molecule has 0 atom stereocenters. The van der Waals surface area contributed by atoms with Crippen molar-refractivity contribution in [3.8, 4) is 5.75 Å². The van der Waals surface area contributed by atoms with Gasteiger partial charge in [-0.15, -0.1) is 0 Å². The lowest BCUT2D eigenvalue weighted by Gasteiger charge is -2.05. The number of carbonyl (C=O) groups excluding carboxylic acids is 2. The van der Waals surface area contributed by atoms with Crippen molar-refractivity contribution in [1.29, 1.82) is 0 Å². The van der Waals surface area contributed by atoms with Crippen LogP contribution in [0.25, 0.3) is 0 Å². The van der Waals surface area contributed by atoms with E-state index in [9.17, 15) is 9.59 Å². The number of carbonyl (C=O) groups is 2. The van der Waals surface area contributed by atoms with E-state index < -0.39 is 5.91 Å². The molecule has 16 heavy (non-hydrogen) atoms. The van der Waals surface area contributed by atoms with Crippen molar-refractivity contribution in [3.05, 3.63) is 29.8 Å². The summed E-state index contributed by atoms with van der Waals surface area (Å²) in [5, 5.41) is 0. The van der Waals surface area contributed by atoms with E-state index in [-0.39, 0.29) is 12.6 Å². The number of amides is 1. The van der Waals surface area contributed by atoms with Crippen LogP contribution in [0, 0.1) is 0 Å². The van der Waals surface area contributed by atoms with Gasteiger partial charge in [-0.3, -0.25) is 4.79 Å². The molecule has 1 aromatic carbocycles. The minimum absolute atomic E-state index is 0.182. The minimum Gasteiger partial charge on any atom is -0.484 e. The first-order valence-electron chi connectivity index (χ1n) is 4.81. The van der Waals surface area contributed by atoms with Gasteiger partial charge >= 0.3 is 5.97 Å². The molecular weight excluding hydrogens is 210 g/mol. The van der Waals surface area contributed by atoms with Crippen molar-refractivity contribution < 1.29 is 19.1 Å². The van der Waals surface area contributed by atoms with Gasteiger partial charge in [-0.2, -0.15) is 0 Å². The van der Waals surface area contributed by atoms with E-state index in [1.54, 1.807) is 31.2 Å². The van der Waals surface area contributed by atoms with Gasteiger partial charge in [0.2, 0.25) is 0 Å². The molecule has 1 rings (SSSR count). The van der Waals surface area contributed by atoms with Crippen LogP contribution in [0.4, 0.5) is 0 Å². The number of rotatable bonds is 5. The topological polar surface area (TPSA) is 78.6 Å². The van der Waals surface area contributed by atoms with Gasteiger partial charge in [-0.05, 0) is 31.2 Å². The highest BCUT2D eigenvalue weighted by molar-refractivity contribution is 5.89. The maximum absolute atomic E-state index is 11.3. The molecule has 0 saturated heterocycles. The lowest BCUT2D eigenvalue weighted by atomic mass is 10.2. The minimum atomic E-state index is -0.547. The molecule has 0 saturated carbocycles. The number of nitrogens with two attached hydrogens (primary N) is 1. The Labute approximate surface area is 93.1 Å². The summed E-state index contributed by atoms with van der Waals surface area (Å²) in [5.41, 5.74) is 5.36. The third kappa shape index (κ3) is 3.61. The number of primary amides is 1. The lowest BCUT2D eigenvalue weighted by Crippen LogP contribution is -2.20. The lowest BCUT2D eigenvalue weighted by molar-refractivity contribution is -0.119. The molecule has 0 spiro atoms. The number of esters is 1. The predicted molar refractivity (Wildman–Crippen MR) is 57.1 cm³/mol. The SMILES string of the molecule is CCOC(=O)c1ccc(OCC(N)=O)cc1. The zero-order chi connectivity index (χ0) is 12.0. The van der Waals surface area contributed by atoms with Gasteiger partial charge in [-0.25, -0.2) is 4.79 Å². The standard InChI is InChI=1S/C11H13NO4/c1-2-15-11(14)8-3-5-9(6-4-8)16-7-10(12)13/h3-6H,2,7H2,1H3,(H2,12,13). The second-order valence-electron chi connectivity index (χ2n) is 3.00. The average molecular weight is 223 g/mol. The Morgan fingerprint density at radius 3 is 2.38 bits per heavy atom. The summed E-state index contributed by atoms with van der Waals surface area (Å²) in [4.78, 5) is 21.7. The monoisotopic (exact) mass is 223 g/mol. The normalized spacial score (nSPS) is 9.56. The zero-order valence-electron chi connectivity index (χ0n) is 8.93. The summed E-state index contributed by atoms with van der Waals surface area (Å²) in [5.74, 6) is -0.453. The summed E-state index contributed by atoms with van der Waals surface area (Å²) in [7, 11) is 0. The number of hydrogen-bond acceptors (Lipinski definition) is 4. The molecule has 0 aliphatic rings. The van der Waals surface area contributed by atoms with Crippen LogP contribution < -0.4 is 10.5 Å². The Morgan fingerprint density at radius 2 is 1.88 bits per heavy atom. The molecule has 5 heteroatoms. The smallest absolute Gasteiger partial charge is 0.338 e. The fourth-order valence-electron chi connectivity index (χ4n) is 1.06. The summed E-state index contributed by atoms with van der Waals surface area (Å²) in [6.07, 6.45) is 0. The van der Waals surface area contributed by atoms with Gasteiger partial charge in [0.15, 0.2) is 6.61 Å². The van der Waals surface area contributed by atoms with Crippen molar-refractivity contribution in [3.63, 3.8) is 0 Å². The van der Waals surface area contributed by atoms with E-state index >= 15 is 0 Å². The Kier molecular flexibility index (Phi) is 4.32. The van der Waals surface area contributed by atoms with Crippen molar-refractivity contribution in [1.82, 2.24) is 0 Å². The molecule has 1 amide bonds. The van der Waals surface area contributed by atoms with Gasteiger partial charge in [0, 0.05) is 0 Å². The van der Waals surface area contributed by atoms with E-state index in [1.165, 1.54) is 0 Å². The first-order valence-corrected chi connectivity index (χ1v) is 4.81. The molecule has 5 nitrogen and oxygen atoms in total. The molecule has 0 heterocycles. The molecule has 0 aromatic heterocycles. The van der Waals surface area contributed by atoms with Crippen LogP contribution in [-0.2, 0) is 9.53 Å². The van der Waals surface area contributed by atoms with Gasteiger partial charge < -0.3 is 15.2 Å². The quantitative estimate of drug-likeness (QED) is 0.746. The van der Waals surface area contributed by atoms with E-state index in [0.29, 0.717) is 17.9 Å². The van der Waals surface area contributed by atoms with Crippen LogP contribution in [0.15, 0.2) is 24.3 Å². The third-order valence-corrected chi connectivity index (χ3v) is 1.75. The molecule has 2 N–H and O–H groups in total. The molecule has 0 aliphatic carbocycles. The average Bonchev–Trinajstić information content (AvgIpc) is 2.27. The predicted octanol–water partition coefficient (Wildman–Crippen LogP) is 0.727. The maximum atomic E-state index is 11.3. The zero-order valence-corrected chi connectivity index (χ0v) is 8.93. The second kappa shape index (κ2) is 5.75. The van der Waals surface area contributed by atoms with Crippen molar-refractivity contribution in [2.75, 3.05) is 13.2 Å². The Balaban J connectivity index is 2.60. The van der Waals surface area contributed by atoms with Crippen LogP contribution >= 0.6 is 0 Å². The first kappa shape index (κ1) is 12.0. The largest absolute Gasteiger partial charge is 0.484 e. The van der Waals surface area contributed by atoms with Crippen molar-refractivity contribution in [2.45, 2.75) is 6.92 Å². The summed E-state index contributed by atoms with van der Waals surface area (Å²) in [6.45, 7) is 1.89. The highest BCUT2D eigenvalue weighted by atomic mass is 16.5. The van der Waals surface area contributed by atoms with E-state index in [4.69, 9.17) is 15.2 Å². The third-order valence-electron chi connectivity index (χ3n) is 1.75. The number of ether oxygens (including phenoxy) is 2. The fraction of sp³-hybridized carbons (Fsp3) is 0.273. The Bertz CT molecular complexity index is 372. The molecule has 0 aliphatic heterocycles. The van der Waals surface area contributed by atoms with Gasteiger partial charge in [0.1, 0.15) is 5.75 Å². The molecule has 86 valence electrons. The highest BCUT2D eigenvalue weighted by Crippen LogP contribution is 2.12. The van der Waals surface area contributed by atoms with Gasteiger partial charge in [0.05, 0.1) is 12.2 Å². The molecule has 0 bridgehead atoms. The second-order valence-corrected chi connectivity index (χ2v) is 3.00. The van der Waals surface area contributed by atoms with E-state index in [1.807, 2.05) is 0 Å². The fourth-order valence-corrected chi connectivity index (χ4v) is 1.06. The number of benzene rings is 1. The molecular formula is C11H13NO4. The summed E-state index contributed by atoms with van der Waals surface area (Å²) < 4.78 is 9.85. The molecule has 0 fully saturated rings. The summed E-state index contributed by atoms with van der Waals surface area (Å²) in [6, 6.07) is 6.28. The van der Waals surface area contributed by atoms with E-state index in [2.05, 4.69) is 0 Å². The van der Waals surface area contributed by atoms with Crippen LogP contribution in [-0.4, -0.2) is 25.1 Å². The maximum Gasteiger partial charge on any atom is 0.338 e. The first-order chi connectivity index (χ1) is 7.63. The Hall–Kier alpha value is -2.04.